The number of carboxylic acid groups (broad SMARTS) is 1. The van der Waals surface area contributed by atoms with Crippen LogP contribution in [0.25, 0.3) is 11.1 Å². The van der Waals surface area contributed by atoms with Crippen LogP contribution >= 0.6 is 0 Å². The molecule has 0 aliphatic carbocycles. The first-order valence-electron chi connectivity index (χ1n) is 5.22. The zero-order valence-electron chi connectivity index (χ0n) is 9.93. The Balaban J connectivity index is 2.39. The topological polar surface area (TPSA) is 72.6 Å². The summed E-state index contributed by atoms with van der Waals surface area (Å²) in [4.78, 5) is 14.9. The van der Waals surface area contributed by atoms with Gasteiger partial charge in [-0.2, -0.15) is 4.98 Å². The molecule has 1 heterocycles. The largest absolute Gasteiger partial charge is 0.478 e. The van der Waals surface area contributed by atoms with Crippen molar-refractivity contribution in [3.8, 4) is 18.4 Å². The van der Waals surface area contributed by atoms with E-state index in [9.17, 15) is 4.79 Å². The standard InChI is InChI=1S/C13H11NO4/c1-4-13(2,3)18-12-14-9-6-5-8(11(15)16)7-10(9)17-12/h1,5-7H,2-3H3,(H,15,16). The normalized spacial score (nSPS) is 11.2. The fourth-order valence-electron chi connectivity index (χ4n) is 1.33. The molecule has 2 rings (SSSR count). The van der Waals surface area contributed by atoms with Crippen LogP contribution in [-0.4, -0.2) is 21.7 Å². The van der Waals surface area contributed by atoms with E-state index in [1.807, 2.05) is 0 Å². The molecule has 18 heavy (non-hydrogen) atoms. The second-order valence-corrected chi connectivity index (χ2v) is 4.22. The van der Waals surface area contributed by atoms with Gasteiger partial charge in [0.25, 0.3) is 0 Å². The minimum absolute atomic E-state index is 0.0236. The Morgan fingerprint density at radius 1 is 1.56 bits per heavy atom. The predicted octanol–water partition coefficient (Wildman–Crippen LogP) is 2.32. The molecule has 1 aromatic carbocycles. The predicted molar refractivity (Wildman–Crippen MR) is 64.5 cm³/mol. The number of rotatable bonds is 3. The summed E-state index contributed by atoms with van der Waals surface area (Å²) in [5.74, 6) is 1.42. The first-order chi connectivity index (χ1) is 8.41. The number of oxazole rings is 1. The fraction of sp³-hybridized carbons (Fsp3) is 0.231. The maximum Gasteiger partial charge on any atom is 0.396 e. The van der Waals surface area contributed by atoms with Crippen LogP contribution in [0.2, 0.25) is 0 Å². The lowest BCUT2D eigenvalue weighted by molar-refractivity contribution is 0.0696. The molecule has 0 radical (unpaired) electrons. The van der Waals surface area contributed by atoms with Crippen molar-refractivity contribution >= 4 is 17.1 Å². The monoisotopic (exact) mass is 245 g/mol. The minimum atomic E-state index is -1.03. The van der Waals surface area contributed by atoms with Gasteiger partial charge in [-0.3, -0.25) is 0 Å². The molecule has 92 valence electrons. The Kier molecular flexibility index (Phi) is 2.71. The van der Waals surface area contributed by atoms with Crippen LogP contribution in [0, 0.1) is 12.3 Å². The smallest absolute Gasteiger partial charge is 0.396 e. The minimum Gasteiger partial charge on any atom is -0.478 e. The summed E-state index contributed by atoms with van der Waals surface area (Å²) in [7, 11) is 0. The third-order valence-electron chi connectivity index (χ3n) is 2.31. The molecule has 1 aromatic heterocycles. The second kappa shape index (κ2) is 4.08. The number of fused-ring (bicyclic) bond motifs is 1. The Hall–Kier alpha value is -2.48. The van der Waals surface area contributed by atoms with Gasteiger partial charge in [0.1, 0.15) is 5.52 Å². The molecule has 0 spiro atoms. The van der Waals surface area contributed by atoms with Crippen LogP contribution in [-0.2, 0) is 0 Å². The van der Waals surface area contributed by atoms with Gasteiger partial charge in [-0.25, -0.2) is 4.79 Å². The van der Waals surface area contributed by atoms with E-state index in [4.69, 9.17) is 20.7 Å². The van der Waals surface area contributed by atoms with E-state index in [1.54, 1.807) is 19.9 Å². The van der Waals surface area contributed by atoms with Crippen molar-refractivity contribution in [1.82, 2.24) is 4.98 Å². The lowest BCUT2D eigenvalue weighted by Crippen LogP contribution is -2.25. The zero-order valence-corrected chi connectivity index (χ0v) is 9.93. The SMILES string of the molecule is C#CC(C)(C)Oc1nc2ccc(C(=O)O)cc2o1. The molecule has 0 unspecified atom stereocenters. The fourth-order valence-corrected chi connectivity index (χ4v) is 1.33. The van der Waals surface area contributed by atoms with Gasteiger partial charge in [-0.1, -0.05) is 5.92 Å². The summed E-state index contributed by atoms with van der Waals surface area (Å²) in [5, 5.41) is 8.86. The van der Waals surface area contributed by atoms with Crippen LogP contribution in [0.4, 0.5) is 0 Å². The molecule has 1 N–H and O–H groups in total. The Morgan fingerprint density at radius 3 is 2.89 bits per heavy atom. The molecule has 0 saturated heterocycles. The molecule has 0 saturated carbocycles. The summed E-state index contributed by atoms with van der Waals surface area (Å²) in [5.41, 5.74) is 0.151. The lowest BCUT2D eigenvalue weighted by Gasteiger charge is -2.15. The van der Waals surface area contributed by atoms with Gasteiger partial charge in [0.2, 0.25) is 0 Å². The van der Waals surface area contributed by atoms with Gasteiger partial charge >= 0.3 is 12.0 Å². The molecule has 0 aliphatic rings. The number of ether oxygens (including phenoxy) is 1. The summed E-state index contributed by atoms with van der Waals surface area (Å²) in [6, 6.07) is 4.39. The average molecular weight is 245 g/mol. The number of nitrogens with zero attached hydrogens (tertiary/aromatic N) is 1. The Labute approximate surface area is 103 Å². The number of terminal acetylenes is 1. The van der Waals surface area contributed by atoms with E-state index >= 15 is 0 Å². The molecular formula is C13H11NO4. The van der Waals surface area contributed by atoms with E-state index in [2.05, 4.69) is 10.9 Å². The highest BCUT2D eigenvalue weighted by Gasteiger charge is 2.20. The third kappa shape index (κ3) is 2.28. The Bertz CT molecular complexity index is 649. The van der Waals surface area contributed by atoms with Gasteiger partial charge < -0.3 is 14.3 Å². The van der Waals surface area contributed by atoms with Gasteiger partial charge in [0, 0.05) is 0 Å². The van der Waals surface area contributed by atoms with Gasteiger partial charge in [-0.05, 0) is 32.0 Å². The van der Waals surface area contributed by atoms with Crippen LogP contribution in [0.15, 0.2) is 22.6 Å². The molecule has 0 aliphatic heterocycles. The van der Waals surface area contributed by atoms with Gasteiger partial charge in [0.05, 0.1) is 5.56 Å². The number of aromatic carboxylic acids is 1. The molecule has 0 fully saturated rings. The Morgan fingerprint density at radius 2 is 2.28 bits per heavy atom. The number of carbonyl (C=O) groups is 1. The quantitative estimate of drug-likeness (QED) is 0.840. The summed E-state index contributed by atoms with van der Waals surface area (Å²) in [6.45, 7) is 3.40. The van der Waals surface area contributed by atoms with E-state index in [-0.39, 0.29) is 11.6 Å². The van der Waals surface area contributed by atoms with Crippen molar-refractivity contribution < 1.29 is 19.1 Å². The van der Waals surface area contributed by atoms with Crippen molar-refractivity contribution in [2.24, 2.45) is 0 Å². The molecule has 0 bridgehead atoms. The first-order valence-corrected chi connectivity index (χ1v) is 5.22. The van der Waals surface area contributed by atoms with Crippen molar-refractivity contribution in [3.63, 3.8) is 0 Å². The van der Waals surface area contributed by atoms with Crippen molar-refractivity contribution in [2.75, 3.05) is 0 Å². The highest BCUT2D eigenvalue weighted by Crippen LogP contribution is 2.24. The third-order valence-corrected chi connectivity index (χ3v) is 2.31. The van der Waals surface area contributed by atoms with Gasteiger partial charge in [-0.15, -0.1) is 6.42 Å². The molecule has 0 atom stereocenters. The number of carboxylic acids is 1. The average Bonchev–Trinajstić information content (AvgIpc) is 2.68. The molecule has 0 amide bonds. The van der Waals surface area contributed by atoms with Gasteiger partial charge in [0.15, 0.2) is 11.2 Å². The van der Waals surface area contributed by atoms with E-state index in [1.165, 1.54) is 12.1 Å². The van der Waals surface area contributed by atoms with Crippen LogP contribution in [0.5, 0.6) is 6.08 Å². The maximum absolute atomic E-state index is 10.8. The van der Waals surface area contributed by atoms with Crippen molar-refractivity contribution in [2.45, 2.75) is 19.4 Å². The van der Waals surface area contributed by atoms with Crippen molar-refractivity contribution in [1.29, 1.82) is 0 Å². The summed E-state index contributed by atoms with van der Waals surface area (Å²) < 4.78 is 10.7. The summed E-state index contributed by atoms with van der Waals surface area (Å²) in [6.07, 6.45) is 5.31. The number of hydrogen-bond donors (Lipinski definition) is 1. The van der Waals surface area contributed by atoms with Crippen LogP contribution < -0.4 is 4.74 Å². The van der Waals surface area contributed by atoms with Crippen LogP contribution in [0.1, 0.15) is 24.2 Å². The molecular weight excluding hydrogens is 234 g/mol. The molecule has 5 heteroatoms. The highest BCUT2D eigenvalue weighted by molar-refractivity contribution is 5.91. The maximum atomic E-state index is 10.8. The lowest BCUT2D eigenvalue weighted by atomic mass is 10.2. The highest BCUT2D eigenvalue weighted by atomic mass is 16.6. The number of hydrogen-bond acceptors (Lipinski definition) is 4. The second-order valence-electron chi connectivity index (χ2n) is 4.22. The summed E-state index contributed by atoms with van der Waals surface area (Å²) >= 11 is 0. The van der Waals surface area contributed by atoms with Crippen molar-refractivity contribution in [3.05, 3.63) is 23.8 Å². The van der Waals surface area contributed by atoms with E-state index in [0.717, 1.165) is 0 Å². The van der Waals surface area contributed by atoms with E-state index < -0.39 is 11.6 Å². The van der Waals surface area contributed by atoms with Crippen LogP contribution in [0.3, 0.4) is 0 Å². The number of aromatic nitrogens is 1. The molecule has 2 aromatic rings. The number of benzene rings is 1. The first kappa shape index (κ1) is 12.0. The van der Waals surface area contributed by atoms with E-state index in [0.29, 0.717) is 11.1 Å². The molecule has 5 nitrogen and oxygen atoms in total. The zero-order chi connectivity index (χ0) is 13.3.